The van der Waals surface area contributed by atoms with Gasteiger partial charge in [0.25, 0.3) is 0 Å². The highest BCUT2D eigenvalue weighted by molar-refractivity contribution is 5.20. The highest BCUT2D eigenvalue weighted by atomic mass is 16.5. The molecule has 0 atom stereocenters. The summed E-state index contributed by atoms with van der Waals surface area (Å²) in [5.74, 6) is 0.670. The number of ether oxygens (including phenoxy) is 1. The van der Waals surface area contributed by atoms with Gasteiger partial charge in [-0.15, -0.1) is 0 Å². The van der Waals surface area contributed by atoms with Gasteiger partial charge in [0, 0.05) is 20.2 Å². The third-order valence-electron chi connectivity index (χ3n) is 1.79. The molecule has 80 valence electrons. The molecule has 0 fully saturated rings. The van der Waals surface area contributed by atoms with Crippen LogP contribution in [0.1, 0.15) is 19.8 Å². The second-order valence-corrected chi connectivity index (χ2v) is 3.02. The second kappa shape index (κ2) is 6.31. The topological polar surface area (TPSA) is 64.9 Å². The summed E-state index contributed by atoms with van der Waals surface area (Å²) < 4.78 is 6.96. The molecule has 0 bridgehead atoms. The smallest absolute Gasteiger partial charge is 0.242 e. The third-order valence-corrected chi connectivity index (χ3v) is 1.79. The summed E-state index contributed by atoms with van der Waals surface area (Å²) in [6.07, 6.45) is 2.28. The zero-order valence-corrected chi connectivity index (χ0v) is 8.73. The Balaban J connectivity index is 2.02. The van der Waals surface area contributed by atoms with Crippen LogP contribution in [-0.2, 0) is 11.8 Å². The molecule has 0 saturated heterocycles. The molecule has 0 aromatic carbocycles. The number of tetrazole rings is 1. The molecule has 1 aromatic rings. The first kappa shape index (κ1) is 10.9. The summed E-state index contributed by atoms with van der Waals surface area (Å²) >= 11 is 0. The van der Waals surface area contributed by atoms with E-state index >= 15 is 0 Å². The van der Waals surface area contributed by atoms with Crippen molar-refractivity contribution in [2.45, 2.75) is 19.8 Å². The van der Waals surface area contributed by atoms with E-state index in [1.165, 1.54) is 6.42 Å². The first-order valence-electron chi connectivity index (χ1n) is 4.88. The Morgan fingerprint density at radius 1 is 1.43 bits per heavy atom. The Bertz CT molecular complexity index is 250. The first-order chi connectivity index (χ1) is 6.84. The molecule has 1 rings (SSSR count). The van der Waals surface area contributed by atoms with Crippen molar-refractivity contribution in [1.82, 2.24) is 20.2 Å². The summed E-state index contributed by atoms with van der Waals surface area (Å²) in [5.41, 5.74) is 0. The number of anilines is 1. The Labute approximate surface area is 83.6 Å². The maximum absolute atomic E-state index is 5.37. The Morgan fingerprint density at radius 3 is 2.93 bits per heavy atom. The molecule has 0 spiro atoms. The lowest BCUT2D eigenvalue weighted by Crippen LogP contribution is -2.13. The van der Waals surface area contributed by atoms with E-state index < -0.39 is 0 Å². The molecule has 14 heavy (non-hydrogen) atoms. The van der Waals surface area contributed by atoms with Crippen LogP contribution in [-0.4, -0.2) is 40.0 Å². The summed E-state index contributed by atoms with van der Waals surface area (Å²) in [4.78, 5) is 0. The van der Waals surface area contributed by atoms with Crippen LogP contribution >= 0.6 is 0 Å². The maximum atomic E-state index is 5.37. The highest BCUT2D eigenvalue weighted by Gasteiger charge is 1.98. The van der Waals surface area contributed by atoms with Crippen LogP contribution < -0.4 is 5.32 Å². The monoisotopic (exact) mass is 199 g/mol. The van der Waals surface area contributed by atoms with Gasteiger partial charge in [0.15, 0.2) is 0 Å². The lowest BCUT2D eigenvalue weighted by molar-refractivity contribution is 0.141. The second-order valence-electron chi connectivity index (χ2n) is 3.02. The van der Waals surface area contributed by atoms with E-state index in [4.69, 9.17) is 4.74 Å². The van der Waals surface area contributed by atoms with E-state index in [1.807, 2.05) is 0 Å². The SMILES string of the molecule is CCCCOCCNc1nnnn1C. The Morgan fingerprint density at radius 2 is 2.29 bits per heavy atom. The maximum Gasteiger partial charge on any atom is 0.242 e. The van der Waals surface area contributed by atoms with Crippen molar-refractivity contribution in [2.75, 3.05) is 25.1 Å². The summed E-state index contributed by atoms with van der Waals surface area (Å²) in [7, 11) is 1.79. The summed E-state index contributed by atoms with van der Waals surface area (Å²) in [5, 5.41) is 14.1. The number of rotatable bonds is 7. The van der Waals surface area contributed by atoms with E-state index in [2.05, 4.69) is 27.8 Å². The first-order valence-corrected chi connectivity index (χ1v) is 4.88. The number of nitrogens with one attached hydrogen (secondary N) is 1. The quantitative estimate of drug-likeness (QED) is 0.645. The van der Waals surface area contributed by atoms with Crippen LogP contribution in [0.15, 0.2) is 0 Å². The van der Waals surface area contributed by atoms with E-state index in [1.54, 1.807) is 11.7 Å². The molecule has 0 unspecified atom stereocenters. The predicted octanol–water partition coefficient (Wildman–Crippen LogP) is 0.439. The number of aryl methyl sites for hydroxylation is 1. The van der Waals surface area contributed by atoms with Gasteiger partial charge in [-0.3, -0.25) is 0 Å². The van der Waals surface area contributed by atoms with Crippen LogP contribution in [0.25, 0.3) is 0 Å². The fourth-order valence-corrected chi connectivity index (χ4v) is 0.963. The minimum Gasteiger partial charge on any atom is -0.380 e. The summed E-state index contributed by atoms with van der Waals surface area (Å²) in [6, 6.07) is 0. The minimum absolute atomic E-state index is 0.670. The third kappa shape index (κ3) is 3.69. The van der Waals surface area contributed by atoms with Crippen molar-refractivity contribution < 1.29 is 4.74 Å². The van der Waals surface area contributed by atoms with Gasteiger partial charge >= 0.3 is 0 Å². The fraction of sp³-hybridized carbons (Fsp3) is 0.875. The normalized spacial score (nSPS) is 10.4. The zero-order valence-electron chi connectivity index (χ0n) is 8.73. The van der Waals surface area contributed by atoms with Crippen molar-refractivity contribution in [3.05, 3.63) is 0 Å². The van der Waals surface area contributed by atoms with Crippen molar-refractivity contribution in [3.8, 4) is 0 Å². The molecule has 6 heteroatoms. The van der Waals surface area contributed by atoms with Gasteiger partial charge < -0.3 is 10.1 Å². The average Bonchev–Trinajstić information content (AvgIpc) is 2.58. The van der Waals surface area contributed by atoms with Crippen LogP contribution in [0.2, 0.25) is 0 Å². The van der Waals surface area contributed by atoms with E-state index in [0.717, 1.165) is 19.6 Å². The number of unbranched alkanes of at least 4 members (excludes halogenated alkanes) is 1. The Kier molecular flexibility index (Phi) is 4.92. The lowest BCUT2D eigenvalue weighted by Gasteiger charge is -2.04. The van der Waals surface area contributed by atoms with Crippen molar-refractivity contribution in [2.24, 2.45) is 7.05 Å². The minimum atomic E-state index is 0.670. The number of hydrogen-bond acceptors (Lipinski definition) is 5. The Hall–Kier alpha value is -1.17. The molecular weight excluding hydrogens is 182 g/mol. The van der Waals surface area contributed by atoms with Gasteiger partial charge in [-0.1, -0.05) is 18.4 Å². The van der Waals surface area contributed by atoms with E-state index in [0.29, 0.717) is 12.6 Å². The number of aromatic nitrogens is 4. The molecule has 1 heterocycles. The standard InChI is InChI=1S/C8H17N5O/c1-3-4-6-14-7-5-9-8-10-11-12-13(8)2/h3-7H2,1-2H3,(H,9,10,12). The van der Waals surface area contributed by atoms with Crippen molar-refractivity contribution in [3.63, 3.8) is 0 Å². The molecule has 0 radical (unpaired) electrons. The van der Waals surface area contributed by atoms with Crippen molar-refractivity contribution in [1.29, 1.82) is 0 Å². The fourth-order valence-electron chi connectivity index (χ4n) is 0.963. The van der Waals surface area contributed by atoms with Gasteiger partial charge in [-0.25, -0.2) is 4.68 Å². The van der Waals surface area contributed by atoms with Crippen LogP contribution in [0.3, 0.4) is 0 Å². The van der Waals surface area contributed by atoms with Gasteiger partial charge in [-0.2, -0.15) is 0 Å². The molecular formula is C8H17N5O. The van der Waals surface area contributed by atoms with Crippen LogP contribution in [0.4, 0.5) is 5.95 Å². The van der Waals surface area contributed by atoms with Gasteiger partial charge in [0.05, 0.1) is 6.61 Å². The number of hydrogen-bond donors (Lipinski definition) is 1. The van der Waals surface area contributed by atoms with Gasteiger partial charge in [0.2, 0.25) is 5.95 Å². The molecule has 6 nitrogen and oxygen atoms in total. The van der Waals surface area contributed by atoms with Crippen molar-refractivity contribution >= 4 is 5.95 Å². The molecule has 0 saturated carbocycles. The molecule has 0 amide bonds. The van der Waals surface area contributed by atoms with Crippen LogP contribution in [0.5, 0.6) is 0 Å². The summed E-state index contributed by atoms with van der Waals surface area (Å²) in [6.45, 7) is 4.40. The zero-order chi connectivity index (χ0) is 10.2. The van der Waals surface area contributed by atoms with Crippen LogP contribution in [0, 0.1) is 0 Å². The molecule has 1 N–H and O–H groups in total. The van der Waals surface area contributed by atoms with Gasteiger partial charge in [0.1, 0.15) is 0 Å². The molecule has 1 aromatic heterocycles. The molecule has 0 aliphatic rings. The number of nitrogens with zero attached hydrogens (tertiary/aromatic N) is 4. The van der Waals surface area contributed by atoms with E-state index in [-0.39, 0.29) is 0 Å². The van der Waals surface area contributed by atoms with E-state index in [9.17, 15) is 0 Å². The average molecular weight is 199 g/mol. The predicted molar refractivity (Wildman–Crippen MR) is 53.0 cm³/mol. The lowest BCUT2D eigenvalue weighted by atomic mass is 10.4. The molecule has 0 aliphatic carbocycles. The largest absolute Gasteiger partial charge is 0.380 e. The molecule has 0 aliphatic heterocycles. The van der Waals surface area contributed by atoms with Gasteiger partial charge in [-0.05, 0) is 16.8 Å². The highest BCUT2D eigenvalue weighted by Crippen LogP contribution is 1.94.